The average molecular weight is 310 g/mol. The van der Waals surface area contributed by atoms with Crippen molar-refractivity contribution in [3.05, 3.63) is 0 Å². The number of halogens is 4. The van der Waals surface area contributed by atoms with Gasteiger partial charge in [0.15, 0.2) is 0 Å². The molecular formula is C9H16F4NO4S+. The van der Waals surface area contributed by atoms with Crippen LogP contribution >= 0.6 is 0 Å². The highest BCUT2D eigenvalue weighted by atomic mass is 32.2. The van der Waals surface area contributed by atoms with Crippen molar-refractivity contribution in [1.29, 1.82) is 0 Å². The maximum atomic E-state index is 12.5. The van der Waals surface area contributed by atoms with Crippen molar-refractivity contribution in [3.8, 4) is 0 Å². The summed E-state index contributed by atoms with van der Waals surface area (Å²) in [6, 6.07) is 0. The molecule has 5 nitrogen and oxygen atoms in total. The van der Waals surface area contributed by atoms with Crippen molar-refractivity contribution in [1.82, 2.24) is 0 Å². The van der Waals surface area contributed by atoms with Gasteiger partial charge in [0.05, 0.1) is 19.8 Å². The van der Waals surface area contributed by atoms with E-state index in [-0.39, 0.29) is 6.54 Å². The summed E-state index contributed by atoms with van der Waals surface area (Å²) in [4.78, 5) is 0.944. The van der Waals surface area contributed by atoms with Crippen LogP contribution < -0.4 is 4.90 Å². The molecule has 1 heterocycles. The van der Waals surface area contributed by atoms with Crippen LogP contribution in [0, 0.1) is 0 Å². The quantitative estimate of drug-likeness (QED) is 0.491. The first-order chi connectivity index (χ1) is 8.73. The van der Waals surface area contributed by atoms with Crippen LogP contribution in [0.2, 0.25) is 0 Å². The summed E-state index contributed by atoms with van der Waals surface area (Å²) >= 11 is 0. The second kappa shape index (κ2) is 6.82. The molecule has 0 unspecified atom stereocenters. The van der Waals surface area contributed by atoms with E-state index in [1.54, 1.807) is 0 Å². The van der Waals surface area contributed by atoms with Gasteiger partial charge >= 0.3 is 12.3 Å². The fraction of sp³-hybridized carbons (Fsp3) is 1.00. The van der Waals surface area contributed by atoms with Crippen molar-refractivity contribution >= 4 is 10.1 Å². The maximum absolute atomic E-state index is 12.5. The lowest BCUT2D eigenvalue weighted by molar-refractivity contribution is -0.905. The molecular weight excluding hydrogens is 294 g/mol. The second-order valence-electron chi connectivity index (χ2n) is 4.20. The lowest BCUT2D eigenvalue weighted by Gasteiger charge is -2.23. The van der Waals surface area contributed by atoms with Gasteiger partial charge in [0.1, 0.15) is 25.4 Å². The fourth-order valence-corrected chi connectivity index (χ4v) is 2.46. The van der Waals surface area contributed by atoms with Crippen LogP contribution in [0.15, 0.2) is 0 Å². The lowest BCUT2D eigenvalue weighted by atomic mass is 10.4. The molecule has 1 rings (SSSR count). The van der Waals surface area contributed by atoms with E-state index in [1.807, 2.05) is 0 Å². The number of ether oxygens (including phenoxy) is 1. The van der Waals surface area contributed by atoms with E-state index in [2.05, 4.69) is 4.18 Å². The average Bonchev–Trinajstić information content (AvgIpc) is 2.36. The maximum Gasteiger partial charge on any atom is 0.331 e. The zero-order chi connectivity index (χ0) is 14.5. The monoisotopic (exact) mass is 310 g/mol. The summed E-state index contributed by atoms with van der Waals surface area (Å²) in [5.74, 6) is -4.94. The molecule has 0 aromatic carbocycles. The molecule has 0 amide bonds. The number of rotatable bonds is 7. The summed E-state index contributed by atoms with van der Waals surface area (Å²) in [6.45, 7) is 0.572. The van der Waals surface area contributed by atoms with Crippen molar-refractivity contribution in [2.75, 3.05) is 45.2 Å². The molecule has 1 fully saturated rings. The molecule has 0 saturated carbocycles. The number of alkyl halides is 4. The summed E-state index contributed by atoms with van der Waals surface area (Å²) in [5, 5.41) is 0. The van der Waals surface area contributed by atoms with Crippen LogP contribution in [0.3, 0.4) is 0 Å². The fourth-order valence-electron chi connectivity index (χ4n) is 1.47. The van der Waals surface area contributed by atoms with Gasteiger partial charge in [-0.1, -0.05) is 0 Å². The van der Waals surface area contributed by atoms with Gasteiger partial charge < -0.3 is 9.64 Å². The molecule has 0 atom stereocenters. The van der Waals surface area contributed by atoms with Crippen molar-refractivity contribution in [2.24, 2.45) is 0 Å². The van der Waals surface area contributed by atoms with Crippen LogP contribution in [0.1, 0.15) is 0 Å². The topological polar surface area (TPSA) is 57.0 Å². The Morgan fingerprint density at radius 3 is 2.37 bits per heavy atom. The number of nitrogens with one attached hydrogen (secondary N) is 1. The normalized spacial score (nSPS) is 19.0. The van der Waals surface area contributed by atoms with Gasteiger partial charge in [0.2, 0.25) is 0 Å². The Morgan fingerprint density at radius 1 is 1.26 bits per heavy atom. The van der Waals surface area contributed by atoms with Crippen LogP contribution in [-0.2, 0) is 19.0 Å². The molecule has 10 heteroatoms. The Morgan fingerprint density at radius 2 is 1.84 bits per heavy atom. The van der Waals surface area contributed by atoms with Gasteiger partial charge in [-0.05, 0) is 0 Å². The van der Waals surface area contributed by atoms with Gasteiger partial charge in [-0.25, -0.2) is 8.78 Å². The summed E-state index contributed by atoms with van der Waals surface area (Å²) in [7, 11) is -4.22. The molecule has 0 bridgehead atoms. The SMILES string of the molecule is O=S(=O)(CC[NH+]1CCOCC1)OCC(F)(F)C(F)F. The molecule has 1 aliphatic rings. The standard InChI is InChI=1S/C9H15F4NO4S/c10-8(11)9(12,13)7-18-19(15,16)6-3-14-1-4-17-5-2-14/h8H,1-7H2/p+1. The zero-order valence-corrected chi connectivity index (χ0v) is 10.9. The van der Waals surface area contributed by atoms with Gasteiger partial charge in [0, 0.05) is 0 Å². The van der Waals surface area contributed by atoms with Crippen molar-refractivity contribution < 1.29 is 39.8 Å². The molecule has 0 aromatic rings. The van der Waals surface area contributed by atoms with E-state index in [9.17, 15) is 26.0 Å². The van der Waals surface area contributed by atoms with Gasteiger partial charge in [-0.15, -0.1) is 0 Å². The smallest absolute Gasteiger partial charge is 0.331 e. The Hall–Kier alpha value is -0.450. The van der Waals surface area contributed by atoms with Crippen LogP contribution in [-0.4, -0.2) is 66.0 Å². The number of morpholine rings is 1. The highest BCUT2D eigenvalue weighted by Crippen LogP contribution is 2.23. The number of hydrogen-bond donors (Lipinski definition) is 1. The minimum Gasteiger partial charge on any atom is -0.370 e. The predicted octanol–water partition coefficient (Wildman–Crippen LogP) is -0.852. The van der Waals surface area contributed by atoms with E-state index in [0.717, 1.165) is 4.90 Å². The molecule has 0 radical (unpaired) electrons. The van der Waals surface area contributed by atoms with E-state index in [4.69, 9.17) is 4.74 Å². The second-order valence-corrected chi connectivity index (χ2v) is 5.96. The Kier molecular flexibility index (Phi) is 5.96. The molecule has 1 N–H and O–H groups in total. The zero-order valence-electron chi connectivity index (χ0n) is 10.1. The van der Waals surface area contributed by atoms with Crippen LogP contribution in [0.5, 0.6) is 0 Å². The highest BCUT2D eigenvalue weighted by Gasteiger charge is 2.42. The lowest BCUT2D eigenvalue weighted by Crippen LogP contribution is -3.14. The third kappa shape index (κ3) is 6.02. The molecule has 0 aliphatic carbocycles. The first-order valence-electron chi connectivity index (χ1n) is 5.67. The van der Waals surface area contributed by atoms with Crippen molar-refractivity contribution in [2.45, 2.75) is 12.3 Å². The van der Waals surface area contributed by atoms with Gasteiger partial charge in [-0.2, -0.15) is 17.2 Å². The van der Waals surface area contributed by atoms with Crippen molar-refractivity contribution in [3.63, 3.8) is 0 Å². The molecule has 0 spiro atoms. The molecule has 1 aliphatic heterocycles. The first kappa shape index (κ1) is 16.6. The number of hydrogen-bond acceptors (Lipinski definition) is 4. The van der Waals surface area contributed by atoms with Crippen LogP contribution in [0.25, 0.3) is 0 Å². The predicted molar refractivity (Wildman–Crippen MR) is 57.1 cm³/mol. The Balaban J connectivity index is 2.35. The third-order valence-corrected chi connectivity index (χ3v) is 3.84. The Bertz CT molecular complexity index is 370. The summed E-state index contributed by atoms with van der Waals surface area (Å²) in [5.41, 5.74) is 0. The van der Waals surface area contributed by atoms with E-state index >= 15 is 0 Å². The van der Waals surface area contributed by atoms with Gasteiger partial charge in [0.25, 0.3) is 10.1 Å². The minimum atomic E-state index is -4.46. The van der Waals surface area contributed by atoms with E-state index in [1.165, 1.54) is 0 Å². The molecule has 114 valence electrons. The molecule has 19 heavy (non-hydrogen) atoms. The van der Waals surface area contributed by atoms with Gasteiger partial charge in [-0.3, -0.25) is 4.18 Å². The minimum absolute atomic E-state index is 0.173. The third-order valence-electron chi connectivity index (χ3n) is 2.66. The number of quaternary nitrogens is 1. The summed E-state index contributed by atoms with van der Waals surface area (Å²) in [6.07, 6.45) is -3.95. The van der Waals surface area contributed by atoms with E-state index in [0.29, 0.717) is 26.3 Å². The first-order valence-corrected chi connectivity index (χ1v) is 7.25. The summed E-state index contributed by atoms with van der Waals surface area (Å²) < 4.78 is 80.3. The molecule has 0 aromatic heterocycles. The Labute approximate surface area is 108 Å². The van der Waals surface area contributed by atoms with E-state index < -0.39 is 34.8 Å². The largest absolute Gasteiger partial charge is 0.370 e. The highest BCUT2D eigenvalue weighted by molar-refractivity contribution is 7.86. The molecule has 1 saturated heterocycles. The van der Waals surface area contributed by atoms with Crippen LogP contribution in [0.4, 0.5) is 17.6 Å².